The number of rotatable bonds is 7. The van der Waals surface area contributed by atoms with Crippen molar-refractivity contribution in [3.63, 3.8) is 0 Å². The first-order chi connectivity index (χ1) is 12.7. The van der Waals surface area contributed by atoms with E-state index < -0.39 is 10.9 Å². The van der Waals surface area contributed by atoms with Gasteiger partial charge in [0.05, 0.1) is 4.92 Å². The minimum absolute atomic E-state index is 0.0683. The quantitative estimate of drug-likeness (QED) is 0.241. The predicted octanol–water partition coefficient (Wildman–Crippen LogP) is 4.03. The number of carbonyl (C=O) groups is 2. The molecule has 1 aromatic heterocycles. The van der Waals surface area contributed by atoms with Crippen molar-refractivity contribution in [2.24, 2.45) is 0 Å². The summed E-state index contributed by atoms with van der Waals surface area (Å²) >= 11 is 0. The van der Waals surface area contributed by atoms with E-state index in [-0.39, 0.29) is 24.1 Å². The Hall–Kier alpha value is -3.22. The lowest BCUT2D eigenvalue weighted by Crippen LogP contribution is -2.14. The molecule has 1 heterocycles. The molecular formula is C20H22N2O5. The van der Waals surface area contributed by atoms with Crippen LogP contribution in [0.25, 0.3) is 6.08 Å². The van der Waals surface area contributed by atoms with Crippen molar-refractivity contribution in [3.8, 4) is 0 Å². The van der Waals surface area contributed by atoms with Gasteiger partial charge in [-0.1, -0.05) is 12.1 Å². The maximum atomic E-state index is 12.4. The van der Waals surface area contributed by atoms with Gasteiger partial charge in [-0.05, 0) is 45.4 Å². The second-order valence-corrected chi connectivity index (χ2v) is 6.46. The summed E-state index contributed by atoms with van der Waals surface area (Å²) in [7, 11) is 0. The Balaban J connectivity index is 1.99. The van der Waals surface area contributed by atoms with Crippen LogP contribution in [-0.2, 0) is 9.53 Å². The summed E-state index contributed by atoms with van der Waals surface area (Å²) in [5.41, 5.74) is 2.78. The van der Waals surface area contributed by atoms with Gasteiger partial charge in [0.2, 0.25) is 5.78 Å². The standard InChI is InChI=1S/C20H22N2O5/c1-13(2)21-14(3)10-18(15(21)4)19(23)12-27-20(24)9-8-16-6-5-7-17(11-16)22(25)26/h5-11,13H,12H2,1-4H3/b9-8+. The molecule has 2 aromatic rings. The van der Waals surface area contributed by atoms with Crippen LogP contribution in [0.2, 0.25) is 0 Å². The average Bonchev–Trinajstić information content (AvgIpc) is 2.92. The van der Waals surface area contributed by atoms with Crippen molar-refractivity contribution in [1.82, 2.24) is 4.57 Å². The van der Waals surface area contributed by atoms with Crippen LogP contribution >= 0.6 is 0 Å². The van der Waals surface area contributed by atoms with Gasteiger partial charge in [0.25, 0.3) is 5.69 Å². The van der Waals surface area contributed by atoms with E-state index in [1.54, 1.807) is 12.1 Å². The highest BCUT2D eigenvalue weighted by atomic mass is 16.6. The summed E-state index contributed by atoms with van der Waals surface area (Å²) in [6.45, 7) is 7.50. The van der Waals surface area contributed by atoms with Gasteiger partial charge in [-0.2, -0.15) is 0 Å². The summed E-state index contributed by atoms with van der Waals surface area (Å²) in [4.78, 5) is 34.4. The van der Waals surface area contributed by atoms with Crippen LogP contribution in [0.5, 0.6) is 0 Å². The third kappa shape index (κ3) is 4.91. The third-order valence-electron chi connectivity index (χ3n) is 4.14. The Kier molecular flexibility index (Phi) is 6.28. The van der Waals surface area contributed by atoms with Crippen molar-refractivity contribution in [1.29, 1.82) is 0 Å². The molecule has 0 aliphatic rings. The summed E-state index contributed by atoms with van der Waals surface area (Å²) < 4.78 is 7.06. The van der Waals surface area contributed by atoms with Gasteiger partial charge >= 0.3 is 5.97 Å². The molecule has 7 heteroatoms. The second-order valence-electron chi connectivity index (χ2n) is 6.46. The zero-order chi connectivity index (χ0) is 20.1. The van der Waals surface area contributed by atoms with Gasteiger partial charge in [-0.3, -0.25) is 14.9 Å². The molecule has 0 fully saturated rings. The number of Topliss-reactive ketones (excluding diaryl/α,β-unsaturated/α-hetero) is 1. The van der Waals surface area contributed by atoms with Crippen LogP contribution in [0.3, 0.4) is 0 Å². The number of esters is 1. The Bertz CT molecular complexity index is 909. The van der Waals surface area contributed by atoms with Gasteiger partial charge in [0.1, 0.15) is 0 Å². The summed E-state index contributed by atoms with van der Waals surface area (Å²) in [5.74, 6) is -0.959. The SMILES string of the molecule is Cc1cc(C(=O)COC(=O)/C=C/c2cccc([N+](=O)[O-])c2)c(C)n1C(C)C. The van der Waals surface area contributed by atoms with Gasteiger partial charge in [0, 0.05) is 41.2 Å². The van der Waals surface area contributed by atoms with Crippen LogP contribution in [0.1, 0.15) is 47.2 Å². The van der Waals surface area contributed by atoms with E-state index in [0.717, 1.165) is 17.5 Å². The van der Waals surface area contributed by atoms with Crippen LogP contribution < -0.4 is 0 Å². The molecule has 0 aliphatic heterocycles. The van der Waals surface area contributed by atoms with Crippen molar-refractivity contribution >= 4 is 23.5 Å². The molecule has 0 bridgehead atoms. The highest BCUT2D eigenvalue weighted by molar-refractivity contribution is 6.00. The average molecular weight is 370 g/mol. The van der Waals surface area contributed by atoms with Crippen molar-refractivity contribution in [3.05, 3.63) is 69.0 Å². The highest BCUT2D eigenvalue weighted by Gasteiger charge is 2.18. The fourth-order valence-electron chi connectivity index (χ4n) is 3.02. The maximum absolute atomic E-state index is 12.4. The molecule has 0 aliphatic carbocycles. The molecule has 0 saturated carbocycles. The molecule has 0 radical (unpaired) electrons. The van der Waals surface area contributed by atoms with Crippen molar-refractivity contribution < 1.29 is 19.2 Å². The van der Waals surface area contributed by atoms with Crippen LogP contribution in [-0.4, -0.2) is 27.8 Å². The summed E-state index contributed by atoms with van der Waals surface area (Å²) in [5, 5.41) is 10.7. The topological polar surface area (TPSA) is 91.4 Å². The van der Waals surface area contributed by atoms with E-state index in [9.17, 15) is 19.7 Å². The number of non-ortho nitro benzene ring substituents is 1. The highest BCUT2D eigenvalue weighted by Crippen LogP contribution is 2.20. The number of nitro benzene ring substituents is 1. The number of hydrogen-bond acceptors (Lipinski definition) is 5. The number of ketones is 1. The largest absolute Gasteiger partial charge is 0.454 e. The first-order valence-corrected chi connectivity index (χ1v) is 8.51. The molecule has 0 N–H and O–H groups in total. The lowest BCUT2D eigenvalue weighted by atomic mass is 10.1. The number of aromatic nitrogens is 1. The molecule has 27 heavy (non-hydrogen) atoms. The number of carbonyl (C=O) groups excluding carboxylic acids is 2. The zero-order valence-electron chi connectivity index (χ0n) is 15.8. The molecule has 7 nitrogen and oxygen atoms in total. The lowest BCUT2D eigenvalue weighted by Gasteiger charge is -2.13. The smallest absolute Gasteiger partial charge is 0.331 e. The van der Waals surface area contributed by atoms with Gasteiger partial charge < -0.3 is 9.30 Å². The number of nitrogens with zero attached hydrogens (tertiary/aromatic N) is 2. The van der Waals surface area contributed by atoms with Crippen LogP contribution in [0, 0.1) is 24.0 Å². The molecule has 0 amide bonds. The Morgan fingerprint density at radius 1 is 1.26 bits per heavy atom. The minimum atomic E-state index is -0.687. The van der Waals surface area contributed by atoms with Crippen LogP contribution in [0.15, 0.2) is 36.4 Å². The number of aryl methyl sites for hydroxylation is 1. The molecular weight excluding hydrogens is 348 g/mol. The lowest BCUT2D eigenvalue weighted by molar-refractivity contribution is -0.384. The van der Waals surface area contributed by atoms with Gasteiger partial charge in [0.15, 0.2) is 6.61 Å². The van der Waals surface area contributed by atoms with Crippen molar-refractivity contribution in [2.45, 2.75) is 33.7 Å². The summed E-state index contributed by atoms with van der Waals surface area (Å²) in [6.07, 6.45) is 2.55. The van der Waals surface area contributed by atoms with Crippen LogP contribution in [0.4, 0.5) is 5.69 Å². The van der Waals surface area contributed by atoms with E-state index in [1.165, 1.54) is 24.3 Å². The number of ether oxygens (including phenoxy) is 1. The van der Waals surface area contributed by atoms with Gasteiger partial charge in [-0.25, -0.2) is 4.79 Å². The Labute approximate surface area is 157 Å². The first kappa shape index (κ1) is 20.1. The molecule has 0 saturated heterocycles. The normalized spacial score (nSPS) is 11.1. The molecule has 0 unspecified atom stereocenters. The third-order valence-corrected chi connectivity index (χ3v) is 4.14. The molecule has 142 valence electrons. The number of nitro groups is 1. The minimum Gasteiger partial charge on any atom is -0.454 e. The molecule has 1 aromatic carbocycles. The van der Waals surface area contributed by atoms with E-state index >= 15 is 0 Å². The van der Waals surface area contributed by atoms with E-state index in [2.05, 4.69) is 4.57 Å². The van der Waals surface area contributed by atoms with Gasteiger partial charge in [-0.15, -0.1) is 0 Å². The molecule has 0 spiro atoms. The Morgan fingerprint density at radius 3 is 2.56 bits per heavy atom. The fraction of sp³-hybridized carbons (Fsp3) is 0.300. The number of benzene rings is 1. The monoisotopic (exact) mass is 370 g/mol. The molecule has 2 rings (SSSR count). The maximum Gasteiger partial charge on any atom is 0.331 e. The van der Waals surface area contributed by atoms with E-state index in [4.69, 9.17) is 4.74 Å². The summed E-state index contributed by atoms with van der Waals surface area (Å²) in [6, 6.07) is 7.88. The van der Waals surface area contributed by atoms with Crippen molar-refractivity contribution in [2.75, 3.05) is 6.61 Å². The predicted molar refractivity (Wildman–Crippen MR) is 102 cm³/mol. The zero-order valence-corrected chi connectivity index (χ0v) is 15.8. The first-order valence-electron chi connectivity index (χ1n) is 8.51. The molecule has 0 atom stereocenters. The number of hydrogen-bond donors (Lipinski definition) is 0. The van der Waals surface area contributed by atoms with E-state index in [0.29, 0.717) is 11.1 Å². The second kappa shape index (κ2) is 8.44. The fourth-order valence-corrected chi connectivity index (χ4v) is 3.02. The van der Waals surface area contributed by atoms with E-state index in [1.807, 2.05) is 27.7 Å². The Morgan fingerprint density at radius 2 is 1.96 bits per heavy atom.